The Bertz CT molecular complexity index is 1120. The lowest BCUT2D eigenvalue weighted by Gasteiger charge is -2.29. The molecule has 1 atom stereocenters. The lowest BCUT2D eigenvalue weighted by molar-refractivity contribution is 0.286. The number of hydrogen-bond acceptors (Lipinski definition) is 6. The molecule has 1 aliphatic rings. The molecule has 0 bridgehead atoms. The van der Waals surface area contributed by atoms with Crippen molar-refractivity contribution in [1.29, 1.82) is 5.41 Å². The monoisotopic (exact) mass is 420 g/mol. The van der Waals surface area contributed by atoms with Gasteiger partial charge in [0.1, 0.15) is 29.1 Å². The Kier molecular flexibility index (Phi) is 5.95. The van der Waals surface area contributed by atoms with Gasteiger partial charge in [-0.25, -0.2) is 4.98 Å². The molecule has 0 fully saturated rings. The van der Waals surface area contributed by atoms with E-state index in [1.165, 1.54) is 0 Å². The number of methoxy groups -OCH3 is 1. The molecule has 4 rings (SSSR count). The first kappa shape index (κ1) is 20.9. The summed E-state index contributed by atoms with van der Waals surface area (Å²) in [7, 11) is 1.64. The predicted molar refractivity (Wildman–Crippen MR) is 118 cm³/mol. The summed E-state index contributed by atoms with van der Waals surface area (Å²) >= 11 is 0. The topological polar surface area (TPSA) is 83.6 Å². The highest BCUT2D eigenvalue weighted by Gasteiger charge is 2.32. The molecule has 1 aliphatic heterocycles. The molecule has 31 heavy (non-hydrogen) atoms. The second kappa shape index (κ2) is 8.81. The van der Waals surface area contributed by atoms with Gasteiger partial charge in [0, 0.05) is 30.6 Å². The molecule has 0 spiro atoms. The molecule has 0 radical (unpaired) electrons. The van der Waals surface area contributed by atoms with E-state index >= 15 is 0 Å². The van der Waals surface area contributed by atoms with Gasteiger partial charge in [-0.05, 0) is 36.9 Å². The average Bonchev–Trinajstić information content (AvgIpc) is 2.79. The van der Waals surface area contributed by atoms with Crippen molar-refractivity contribution in [2.45, 2.75) is 26.3 Å². The summed E-state index contributed by atoms with van der Waals surface area (Å²) < 4.78 is 13.2. The number of aromatic hydroxyl groups is 1. The third-order valence-corrected chi connectivity index (χ3v) is 5.89. The van der Waals surface area contributed by atoms with Crippen LogP contribution in [0.4, 0.5) is 0 Å². The third-order valence-electron chi connectivity index (χ3n) is 5.89. The van der Waals surface area contributed by atoms with Crippen LogP contribution in [0.1, 0.15) is 36.5 Å². The number of benzene rings is 2. The van der Waals surface area contributed by atoms with Crippen molar-refractivity contribution in [3.05, 3.63) is 71.0 Å². The fourth-order valence-electron chi connectivity index (χ4n) is 4.06. The maximum absolute atomic E-state index is 9.97. The van der Waals surface area contributed by atoms with E-state index in [2.05, 4.69) is 23.7 Å². The molecule has 162 valence electrons. The van der Waals surface area contributed by atoms with Gasteiger partial charge in [-0.2, -0.15) is 0 Å². The molecule has 1 aromatic heterocycles. The molecular formula is C24H28N4O3. The van der Waals surface area contributed by atoms with E-state index in [-0.39, 0.29) is 11.7 Å². The van der Waals surface area contributed by atoms with Gasteiger partial charge in [0.05, 0.1) is 12.7 Å². The Morgan fingerprint density at radius 2 is 1.90 bits per heavy atom. The van der Waals surface area contributed by atoms with Crippen molar-refractivity contribution in [3.63, 3.8) is 0 Å². The van der Waals surface area contributed by atoms with Crippen LogP contribution in [-0.2, 0) is 6.54 Å². The number of rotatable bonds is 7. The van der Waals surface area contributed by atoms with E-state index < -0.39 is 0 Å². The minimum absolute atomic E-state index is 0.131. The van der Waals surface area contributed by atoms with Gasteiger partial charge in [0.15, 0.2) is 0 Å². The van der Waals surface area contributed by atoms with Crippen molar-refractivity contribution in [2.24, 2.45) is 0 Å². The lowest BCUT2D eigenvalue weighted by atomic mass is 9.84. The van der Waals surface area contributed by atoms with Crippen LogP contribution in [0.2, 0.25) is 0 Å². The summed E-state index contributed by atoms with van der Waals surface area (Å²) in [6.45, 7) is 7.75. The Hall–Kier alpha value is -3.32. The van der Waals surface area contributed by atoms with Crippen molar-refractivity contribution in [2.75, 3.05) is 26.7 Å². The maximum atomic E-state index is 9.97. The number of likely N-dealkylation sites (N-methyl/N-ethyl adjacent to an activating group) is 1. The van der Waals surface area contributed by atoms with Crippen LogP contribution in [0.5, 0.6) is 23.1 Å². The average molecular weight is 421 g/mol. The molecule has 0 aliphatic carbocycles. The van der Waals surface area contributed by atoms with Crippen molar-refractivity contribution < 1.29 is 14.6 Å². The number of aromatic nitrogens is 2. The summed E-state index contributed by atoms with van der Waals surface area (Å²) in [6, 6.07) is 12.9. The van der Waals surface area contributed by atoms with E-state index in [0.717, 1.165) is 42.1 Å². The third kappa shape index (κ3) is 4.01. The minimum atomic E-state index is -0.230. The van der Waals surface area contributed by atoms with E-state index in [0.29, 0.717) is 23.7 Å². The van der Waals surface area contributed by atoms with E-state index in [4.69, 9.17) is 14.9 Å². The largest absolute Gasteiger partial charge is 0.508 e. The zero-order valence-electron chi connectivity index (χ0n) is 18.1. The lowest BCUT2D eigenvalue weighted by Crippen LogP contribution is -2.34. The van der Waals surface area contributed by atoms with Crippen LogP contribution in [0.15, 0.2) is 48.8 Å². The fourth-order valence-corrected chi connectivity index (χ4v) is 4.06. The van der Waals surface area contributed by atoms with Crippen LogP contribution < -0.4 is 15.0 Å². The van der Waals surface area contributed by atoms with Crippen molar-refractivity contribution >= 4 is 0 Å². The highest BCUT2D eigenvalue weighted by Crippen LogP contribution is 2.46. The molecule has 0 saturated carbocycles. The van der Waals surface area contributed by atoms with Gasteiger partial charge in [-0.3, -0.25) is 5.41 Å². The Balaban J connectivity index is 1.82. The zero-order valence-corrected chi connectivity index (χ0v) is 18.1. The molecular weight excluding hydrogens is 392 g/mol. The standard InChI is InChI=1S/C24H28N4O3/c1-4-27(5-2)12-13-28-15-26-24-22(23(28)25)21(16-6-9-18(30-3)10-7-16)19-11-8-17(29)14-20(19)31-24/h6-11,14-15,21,25,29H,4-5,12-13H2,1-3H3. The summed E-state index contributed by atoms with van der Waals surface area (Å²) in [4.78, 5) is 6.86. The molecule has 2 aromatic carbocycles. The number of nitrogens with one attached hydrogen (secondary N) is 1. The molecule has 1 unspecified atom stereocenters. The van der Waals surface area contributed by atoms with E-state index in [9.17, 15) is 5.11 Å². The molecule has 0 saturated heterocycles. The Morgan fingerprint density at radius 1 is 1.16 bits per heavy atom. The quantitative estimate of drug-likeness (QED) is 0.476. The molecule has 3 aromatic rings. The highest BCUT2D eigenvalue weighted by atomic mass is 16.5. The maximum Gasteiger partial charge on any atom is 0.228 e. The van der Waals surface area contributed by atoms with Gasteiger partial charge >= 0.3 is 0 Å². The van der Waals surface area contributed by atoms with Gasteiger partial charge < -0.3 is 24.0 Å². The molecule has 2 heterocycles. The molecule has 7 heteroatoms. The summed E-state index contributed by atoms with van der Waals surface area (Å²) in [5.41, 5.74) is 3.02. The summed E-state index contributed by atoms with van der Waals surface area (Å²) in [5.74, 6) is 1.64. The van der Waals surface area contributed by atoms with Gasteiger partial charge in [0.25, 0.3) is 0 Å². The summed E-state index contributed by atoms with van der Waals surface area (Å²) in [6.07, 6.45) is 1.67. The molecule has 2 N–H and O–H groups in total. The van der Waals surface area contributed by atoms with Crippen LogP contribution >= 0.6 is 0 Å². The normalized spacial score (nSPS) is 14.6. The van der Waals surface area contributed by atoms with Crippen LogP contribution in [0.25, 0.3) is 0 Å². The predicted octanol–water partition coefficient (Wildman–Crippen LogP) is 3.70. The van der Waals surface area contributed by atoms with E-state index in [1.54, 1.807) is 25.6 Å². The second-order valence-electron chi connectivity index (χ2n) is 7.56. The van der Waals surface area contributed by atoms with Crippen molar-refractivity contribution in [3.8, 4) is 23.1 Å². The molecule has 7 nitrogen and oxygen atoms in total. The number of phenols is 1. The fraction of sp³-hybridized carbons (Fsp3) is 0.333. The SMILES string of the molecule is CCN(CC)CCn1cnc2c(c1=N)C(c1ccc(OC)cc1)c1ccc(O)cc1O2. The van der Waals surface area contributed by atoms with E-state index in [1.807, 2.05) is 34.9 Å². The highest BCUT2D eigenvalue weighted by molar-refractivity contribution is 5.57. The Morgan fingerprint density at radius 3 is 2.58 bits per heavy atom. The van der Waals surface area contributed by atoms with Crippen molar-refractivity contribution in [1.82, 2.24) is 14.5 Å². The molecule has 0 amide bonds. The number of nitrogens with zero attached hydrogens (tertiary/aromatic N) is 3. The smallest absolute Gasteiger partial charge is 0.228 e. The number of phenolic OH excluding ortho intramolecular Hbond substituents is 1. The minimum Gasteiger partial charge on any atom is -0.508 e. The first-order chi connectivity index (χ1) is 15.0. The first-order valence-electron chi connectivity index (χ1n) is 10.6. The van der Waals surface area contributed by atoms with Crippen LogP contribution in [0, 0.1) is 5.41 Å². The Labute approximate surface area is 182 Å². The van der Waals surface area contributed by atoms with Gasteiger partial charge in [0.2, 0.25) is 5.88 Å². The number of fused-ring (bicyclic) bond motifs is 2. The number of ether oxygens (including phenoxy) is 2. The number of hydrogen-bond donors (Lipinski definition) is 2. The summed E-state index contributed by atoms with van der Waals surface area (Å²) in [5, 5.41) is 18.9. The van der Waals surface area contributed by atoms with Gasteiger partial charge in [-0.15, -0.1) is 0 Å². The van der Waals surface area contributed by atoms with Crippen LogP contribution in [0.3, 0.4) is 0 Å². The van der Waals surface area contributed by atoms with Crippen LogP contribution in [-0.4, -0.2) is 46.3 Å². The van der Waals surface area contributed by atoms with Gasteiger partial charge in [-0.1, -0.05) is 32.0 Å². The zero-order chi connectivity index (χ0) is 22.0. The second-order valence-corrected chi connectivity index (χ2v) is 7.56. The first-order valence-corrected chi connectivity index (χ1v) is 10.6.